The van der Waals surface area contributed by atoms with Crippen molar-refractivity contribution in [2.24, 2.45) is 5.92 Å². The average molecular weight is 445 g/mol. The standard InChI is InChI=1S/C26H31F3N2O/c1-30-15-5-4-6-19(13-16-30)24-8-3-2-7-20(24)18-21-14-17-31(25(21)32)23-11-9-22(10-12-23)26(27,28)29/h2-3,7-12,19,21H,4-6,13-18H2,1H3/t19?,21-/m0/s1. The molecule has 0 radical (unpaired) electrons. The SMILES string of the molecule is CN1CCCCC(c2ccccc2C[C@@H]2CCN(c3ccc(C(F)(F)F)cc3)C2=O)CC1. The van der Waals surface area contributed by atoms with Crippen LogP contribution < -0.4 is 4.90 Å². The Labute approximate surface area is 188 Å². The van der Waals surface area contributed by atoms with Crippen LogP contribution in [0.2, 0.25) is 0 Å². The van der Waals surface area contributed by atoms with Crippen molar-refractivity contribution in [1.82, 2.24) is 4.90 Å². The van der Waals surface area contributed by atoms with Crippen LogP contribution in [-0.2, 0) is 17.4 Å². The van der Waals surface area contributed by atoms with Crippen molar-refractivity contribution in [3.05, 3.63) is 65.2 Å². The highest BCUT2D eigenvalue weighted by Gasteiger charge is 2.34. The molecular formula is C26H31F3N2O. The first-order valence-electron chi connectivity index (χ1n) is 11.6. The van der Waals surface area contributed by atoms with Gasteiger partial charge in [-0.05, 0) is 93.6 Å². The molecule has 1 unspecified atom stereocenters. The third-order valence-electron chi connectivity index (χ3n) is 6.99. The fourth-order valence-electron chi connectivity index (χ4n) is 5.11. The first-order valence-corrected chi connectivity index (χ1v) is 11.6. The Kier molecular flexibility index (Phi) is 6.89. The van der Waals surface area contributed by atoms with Gasteiger partial charge in [0.2, 0.25) is 5.91 Å². The molecule has 32 heavy (non-hydrogen) atoms. The fraction of sp³-hybridized carbons (Fsp3) is 0.500. The molecule has 2 saturated heterocycles. The number of alkyl halides is 3. The molecular weight excluding hydrogens is 413 g/mol. The van der Waals surface area contributed by atoms with E-state index in [0.29, 0.717) is 24.6 Å². The van der Waals surface area contributed by atoms with E-state index >= 15 is 0 Å². The third-order valence-corrected chi connectivity index (χ3v) is 6.99. The molecule has 2 heterocycles. The smallest absolute Gasteiger partial charge is 0.312 e. The Bertz CT molecular complexity index is 925. The number of anilines is 1. The van der Waals surface area contributed by atoms with Crippen LogP contribution >= 0.6 is 0 Å². The van der Waals surface area contributed by atoms with Gasteiger partial charge < -0.3 is 9.80 Å². The van der Waals surface area contributed by atoms with Gasteiger partial charge in [0.1, 0.15) is 0 Å². The first kappa shape index (κ1) is 22.8. The summed E-state index contributed by atoms with van der Waals surface area (Å²) < 4.78 is 38.6. The molecule has 2 aromatic rings. The summed E-state index contributed by atoms with van der Waals surface area (Å²) in [5.41, 5.74) is 2.46. The summed E-state index contributed by atoms with van der Waals surface area (Å²) in [6, 6.07) is 13.4. The van der Waals surface area contributed by atoms with E-state index in [4.69, 9.17) is 0 Å². The predicted molar refractivity (Wildman–Crippen MR) is 121 cm³/mol. The van der Waals surface area contributed by atoms with Crippen LogP contribution in [0.1, 0.15) is 54.7 Å². The molecule has 6 heteroatoms. The number of carbonyl (C=O) groups is 1. The fourth-order valence-corrected chi connectivity index (χ4v) is 5.11. The van der Waals surface area contributed by atoms with Gasteiger partial charge in [-0.3, -0.25) is 4.79 Å². The molecule has 0 saturated carbocycles. The monoisotopic (exact) mass is 444 g/mol. The molecule has 2 fully saturated rings. The molecule has 4 rings (SSSR count). The van der Waals surface area contributed by atoms with E-state index < -0.39 is 11.7 Å². The highest BCUT2D eigenvalue weighted by molar-refractivity contribution is 5.97. The lowest BCUT2D eigenvalue weighted by Crippen LogP contribution is -2.28. The summed E-state index contributed by atoms with van der Waals surface area (Å²) in [7, 11) is 2.18. The van der Waals surface area contributed by atoms with E-state index in [1.54, 1.807) is 4.90 Å². The molecule has 172 valence electrons. The van der Waals surface area contributed by atoms with Crippen LogP contribution in [0.25, 0.3) is 0 Å². The molecule has 0 aromatic heterocycles. The van der Waals surface area contributed by atoms with Crippen LogP contribution in [0.15, 0.2) is 48.5 Å². The zero-order valence-electron chi connectivity index (χ0n) is 18.6. The van der Waals surface area contributed by atoms with Crippen LogP contribution in [-0.4, -0.2) is 37.5 Å². The Morgan fingerprint density at radius 3 is 2.41 bits per heavy atom. The van der Waals surface area contributed by atoms with Crippen LogP contribution in [0, 0.1) is 5.92 Å². The van der Waals surface area contributed by atoms with Crippen molar-refractivity contribution >= 4 is 11.6 Å². The number of amides is 1. The number of hydrogen-bond donors (Lipinski definition) is 0. The van der Waals surface area contributed by atoms with Gasteiger partial charge in [-0.2, -0.15) is 13.2 Å². The molecule has 3 nitrogen and oxygen atoms in total. The zero-order chi connectivity index (χ0) is 22.7. The van der Waals surface area contributed by atoms with E-state index in [9.17, 15) is 18.0 Å². The lowest BCUT2D eigenvalue weighted by atomic mass is 9.83. The Balaban J connectivity index is 1.47. The summed E-state index contributed by atoms with van der Waals surface area (Å²) in [6.07, 6.45) is 1.79. The normalized spacial score (nSPS) is 23.2. The van der Waals surface area contributed by atoms with Crippen molar-refractivity contribution in [1.29, 1.82) is 0 Å². The number of nitrogens with zero attached hydrogens (tertiary/aromatic N) is 2. The molecule has 0 spiro atoms. The number of carbonyl (C=O) groups excluding carboxylic acids is 1. The zero-order valence-corrected chi connectivity index (χ0v) is 18.6. The summed E-state index contributed by atoms with van der Waals surface area (Å²) in [5, 5.41) is 0. The van der Waals surface area contributed by atoms with Gasteiger partial charge in [0.25, 0.3) is 0 Å². The van der Waals surface area contributed by atoms with Crippen molar-refractivity contribution in [3.63, 3.8) is 0 Å². The minimum Gasteiger partial charge on any atom is -0.312 e. The maximum atomic E-state index is 13.1. The molecule has 0 bridgehead atoms. The summed E-state index contributed by atoms with van der Waals surface area (Å²) >= 11 is 0. The lowest BCUT2D eigenvalue weighted by molar-refractivity contribution is -0.137. The van der Waals surface area contributed by atoms with Crippen molar-refractivity contribution in [2.75, 3.05) is 31.6 Å². The van der Waals surface area contributed by atoms with Crippen molar-refractivity contribution < 1.29 is 18.0 Å². The third kappa shape index (κ3) is 5.17. The molecule has 0 N–H and O–H groups in total. The molecule has 2 aromatic carbocycles. The van der Waals surface area contributed by atoms with Crippen molar-refractivity contribution in [3.8, 4) is 0 Å². The summed E-state index contributed by atoms with van der Waals surface area (Å²) in [4.78, 5) is 17.2. The van der Waals surface area contributed by atoms with E-state index in [0.717, 1.165) is 38.1 Å². The quantitative estimate of drug-likeness (QED) is 0.587. The van der Waals surface area contributed by atoms with Gasteiger partial charge in [0.05, 0.1) is 5.56 Å². The Hall–Kier alpha value is -2.34. The van der Waals surface area contributed by atoms with Crippen LogP contribution in [0.5, 0.6) is 0 Å². The second-order valence-corrected chi connectivity index (χ2v) is 9.21. The van der Waals surface area contributed by atoms with Gasteiger partial charge in [-0.1, -0.05) is 30.7 Å². The van der Waals surface area contributed by atoms with Gasteiger partial charge in [0, 0.05) is 18.2 Å². The van der Waals surface area contributed by atoms with Gasteiger partial charge >= 0.3 is 6.18 Å². The number of hydrogen-bond acceptors (Lipinski definition) is 2. The largest absolute Gasteiger partial charge is 0.416 e. The topological polar surface area (TPSA) is 23.6 Å². The number of rotatable bonds is 4. The molecule has 2 aliphatic heterocycles. The minimum atomic E-state index is -4.37. The summed E-state index contributed by atoms with van der Waals surface area (Å²) in [6.45, 7) is 2.79. The lowest BCUT2D eigenvalue weighted by Gasteiger charge is -2.27. The van der Waals surface area contributed by atoms with Gasteiger partial charge in [-0.15, -0.1) is 0 Å². The highest BCUT2D eigenvalue weighted by atomic mass is 19.4. The maximum absolute atomic E-state index is 13.1. The highest BCUT2D eigenvalue weighted by Crippen LogP contribution is 2.35. The van der Waals surface area contributed by atoms with Crippen molar-refractivity contribution in [2.45, 2.75) is 50.6 Å². The number of halogens is 3. The minimum absolute atomic E-state index is 0.0111. The number of likely N-dealkylation sites (tertiary alicyclic amines) is 1. The maximum Gasteiger partial charge on any atom is 0.416 e. The van der Waals surface area contributed by atoms with Gasteiger partial charge in [0.15, 0.2) is 0 Å². The Morgan fingerprint density at radius 1 is 0.906 bits per heavy atom. The van der Waals surface area contributed by atoms with Crippen LogP contribution in [0.4, 0.5) is 18.9 Å². The van der Waals surface area contributed by atoms with Crippen LogP contribution in [0.3, 0.4) is 0 Å². The first-order chi connectivity index (χ1) is 15.3. The molecule has 1 amide bonds. The average Bonchev–Trinajstić information content (AvgIpc) is 3.11. The molecule has 2 aliphatic rings. The van der Waals surface area contributed by atoms with E-state index in [-0.39, 0.29) is 11.8 Å². The van der Waals surface area contributed by atoms with E-state index in [2.05, 4.69) is 30.1 Å². The summed E-state index contributed by atoms with van der Waals surface area (Å²) in [5.74, 6) is 0.392. The van der Waals surface area contributed by atoms with E-state index in [1.165, 1.54) is 42.5 Å². The number of benzene rings is 2. The Morgan fingerprint density at radius 2 is 1.66 bits per heavy atom. The van der Waals surface area contributed by atoms with E-state index in [1.807, 2.05) is 6.07 Å². The second-order valence-electron chi connectivity index (χ2n) is 9.21. The predicted octanol–water partition coefficient (Wildman–Crippen LogP) is 5.89. The molecule has 2 atom stereocenters. The van der Waals surface area contributed by atoms with Gasteiger partial charge in [-0.25, -0.2) is 0 Å². The molecule has 0 aliphatic carbocycles. The second kappa shape index (κ2) is 9.65.